The maximum Gasteiger partial charge on any atom is 0.387 e. The van der Waals surface area contributed by atoms with Gasteiger partial charge < -0.3 is 15.0 Å². The molecule has 172 valence electrons. The smallest absolute Gasteiger partial charge is 0.387 e. The number of hydrogen-bond acceptors (Lipinski definition) is 4. The second-order valence-electron chi connectivity index (χ2n) is 6.94. The summed E-state index contributed by atoms with van der Waals surface area (Å²) in [5.74, 6) is 0.838. The summed E-state index contributed by atoms with van der Waals surface area (Å²) < 4.78 is 51.7. The molecule has 0 amide bonds. The van der Waals surface area contributed by atoms with Crippen LogP contribution in [0, 0.1) is 0 Å². The van der Waals surface area contributed by atoms with Gasteiger partial charge in [-0.25, -0.2) is 13.4 Å². The van der Waals surface area contributed by atoms with E-state index in [0.717, 1.165) is 16.7 Å². The molecule has 2 rings (SSSR count). The van der Waals surface area contributed by atoms with Crippen molar-refractivity contribution in [1.82, 2.24) is 10.2 Å². The molecular formula is C21H28F2IN3O3S. The van der Waals surface area contributed by atoms with Gasteiger partial charge in [-0.3, -0.25) is 0 Å². The highest BCUT2D eigenvalue weighted by Gasteiger charge is 2.09. The second-order valence-corrected chi connectivity index (χ2v) is 9.08. The number of nitrogens with zero attached hydrogens (tertiary/aromatic N) is 2. The lowest BCUT2D eigenvalue weighted by molar-refractivity contribution is -0.0498. The third kappa shape index (κ3) is 10.3. The number of sulfone groups is 1. The number of ether oxygens (including phenoxy) is 1. The molecule has 0 bridgehead atoms. The summed E-state index contributed by atoms with van der Waals surface area (Å²) in [6, 6.07) is 13.8. The summed E-state index contributed by atoms with van der Waals surface area (Å²) >= 11 is 0. The van der Waals surface area contributed by atoms with Crippen LogP contribution in [0.2, 0.25) is 0 Å². The number of guanidine groups is 1. The molecule has 0 heterocycles. The predicted octanol–water partition coefficient (Wildman–Crippen LogP) is 4.05. The Bertz CT molecular complexity index is 937. The van der Waals surface area contributed by atoms with E-state index in [0.29, 0.717) is 25.6 Å². The van der Waals surface area contributed by atoms with Crippen LogP contribution in [0.25, 0.3) is 0 Å². The van der Waals surface area contributed by atoms with Gasteiger partial charge >= 0.3 is 6.61 Å². The normalized spacial score (nSPS) is 11.7. The van der Waals surface area contributed by atoms with Gasteiger partial charge in [0.2, 0.25) is 0 Å². The Hall–Kier alpha value is -1.95. The summed E-state index contributed by atoms with van der Waals surface area (Å²) in [6.07, 6.45) is 1.21. The first-order valence-electron chi connectivity index (χ1n) is 9.45. The minimum absolute atomic E-state index is 0. The standard InChI is InChI=1S/C21H27F2N3O3S.HI/c1-4-24-21(25-13-16-5-7-18(8-6-16)15-30(3,27)28)26(2)14-17-9-11-19(12-10-17)29-20(22)23;/h5-12,20H,4,13-15H2,1-3H3,(H,24,25);1H. The lowest BCUT2D eigenvalue weighted by Crippen LogP contribution is -2.38. The molecule has 0 aliphatic carbocycles. The summed E-state index contributed by atoms with van der Waals surface area (Å²) in [7, 11) is -1.17. The molecule has 10 heteroatoms. The quantitative estimate of drug-likeness (QED) is 0.282. The first kappa shape index (κ1) is 27.1. The van der Waals surface area contributed by atoms with E-state index in [2.05, 4.69) is 15.0 Å². The van der Waals surface area contributed by atoms with Crippen LogP contribution in [0.5, 0.6) is 5.75 Å². The van der Waals surface area contributed by atoms with E-state index in [-0.39, 0.29) is 35.5 Å². The van der Waals surface area contributed by atoms with Crippen molar-refractivity contribution < 1.29 is 21.9 Å². The Morgan fingerprint density at radius 1 is 1.06 bits per heavy atom. The summed E-state index contributed by atoms with van der Waals surface area (Å²) in [5, 5.41) is 3.23. The average Bonchev–Trinajstić information content (AvgIpc) is 2.66. The van der Waals surface area contributed by atoms with Crippen molar-refractivity contribution in [1.29, 1.82) is 0 Å². The van der Waals surface area contributed by atoms with E-state index in [1.165, 1.54) is 18.4 Å². The Morgan fingerprint density at radius 3 is 2.13 bits per heavy atom. The van der Waals surface area contributed by atoms with Crippen LogP contribution < -0.4 is 10.1 Å². The van der Waals surface area contributed by atoms with Gasteiger partial charge in [0.15, 0.2) is 15.8 Å². The molecule has 6 nitrogen and oxygen atoms in total. The van der Waals surface area contributed by atoms with E-state index in [1.54, 1.807) is 24.3 Å². The molecule has 1 N–H and O–H groups in total. The second kappa shape index (κ2) is 12.8. The van der Waals surface area contributed by atoms with Crippen LogP contribution in [0.4, 0.5) is 8.78 Å². The fraction of sp³-hybridized carbons (Fsp3) is 0.381. The van der Waals surface area contributed by atoms with Gasteiger partial charge in [0.1, 0.15) is 5.75 Å². The first-order chi connectivity index (χ1) is 14.2. The van der Waals surface area contributed by atoms with Crippen LogP contribution in [0.1, 0.15) is 23.6 Å². The number of halogens is 3. The molecule has 31 heavy (non-hydrogen) atoms. The topological polar surface area (TPSA) is 71.0 Å². The van der Waals surface area contributed by atoms with Gasteiger partial charge in [0, 0.05) is 26.4 Å². The van der Waals surface area contributed by atoms with E-state index in [9.17, 15) is 17.2 Å². The molecule has 0 aromatic heterocycles. The van der Waals surface area contributed by atoms with Crippen molar-refractivity contribution in [3.8, 4) is 5.75 Å². The zero-order valence-corrected chi connectivity index (χ0v) is 20.9. The molecule has 2 aromatic rings. The largest absolute Gasteiger partial charge is 0.435 e. The fourth-order valence-electron chi connectivity index (χ4n) is 2.80. The van der Waals surface area contributed by atoms with Crippen LogP contribution in [-0.4, -0.2) is 45.7 Å². The molecule has 0 aliphatic heterocycles. The Balaban J connectivity index is 0.00000480. The minimum atomic E-state index is -3.06. The molecule has 0 radical (unpaired) electrons. The molecular weight excluding hydrogens is 539 g/mol. The Morgan fingerprint density at radius 2 is 1.61 bits per heavy atom. The highest BCUT2D eigenvalue weighted by molar-refractivity contribution is 14.0. The van der Waals surface area contributed by atoms with E-state index >= 15 is 0 Å². The summed E-state index contributed by atoms with van der Waals surface area (Å²) in [5.41, 5.74) is 2.63. The van der Waals surface area contributed by atoms with Crippen molar-refractivity contribution in [3.63, 3.8) is 0 Å². The van der Waals surface area contributed by atoms with Crippen molar-refractivity contribution in [2.24, 2.45) is 4.99 Å². The Kier molecular flexibility index (Phi) is 11.2. The maximum absolute atomic E-state index is 12.3. The van der Waals surface area contributed by atoms with Crippen molar-refractivity contribution >= 4 is 39.8 Å². The number of nitrogens with one attached hydrogen (secondary N) is 1. The van der Waals surface area contributed by atoms with E-state index in [1.807, 2.05) is 31.0 Å². The number of alkyl halides is 2. The van der Waals surface area contributed by atoms with Gasteiger partial charge in [-0.05, 0) is 35.7 Å². The minimum Gasteiger partial charge on any atom is -0.435 e. The lowest BCUT2D eigenvalue weighted by Gasteiger charge is -2.22. The summed E-state index contributed by atoms with van der Waals surface area (Å²) in [6.45, 7) is 0.796. The third-order valence-corrected chi connectivity index (χ3v) is 4.99. The van der Waals surface area contributed by atoms with Crippen LogP contribution >= 0.6 is 24.0 Å². The Labute approximate surface area is 199 Å². The zero-order chi connectivity index (χ0) is 22.1. The van der Waals surface area contributed by atoms with Crippen LogP contribution in [-0.2, 0) is 28.7 Å². The molecule has 0 saturated carbocycles. The lowest BCUT2D eigenvalue weighted by atomic mass is 10.1. The maximum atomic E-state index is 12.3. The van der Waals surface area contributed by atoms with Crippen LogP contribution in [0.3, 0.4) is 0 Å². The summed E-state index contributed by atoms with van der Waals surface area (Å²) in [4.78, 5) is 6.57. The first-order valence-corrected chi connectivity index (χ1v) is 11.5. The highest BCUT2D eigenvalue weighted by atomic mass is 127. The molecule has 0 fully saturated rings. The number of rotatable bonds is 9. The van der Waals surface area contributed by atoms with Crippen molar-refractivity contribution in [2.75, 3.05) is 19.8 Å². The molecule has 2 aromatic carbocycles. The predicted molar refractivity (Wildman–Crippen MR) is 130 cm³/mol. The SMILES string of the molecule is CCNC(=NCc1ccc(CS(C)(=O)=O)cc1)N(C)Cc1ccc(OC(F)F)cc1.I. The number of aliphatic imine (C=N–C) groups is 1. The van der Waals surface area contributed by atoms with Gasteiger partial charge in [-0.2, -0.15) is 8.78 Å². The van der Waals surface area contributed by atoms with E-state index in [4.69, 9.17) is 0 Å². The highest BCUT2D eigenvalue weighted by Crippen LogP contribution is 2.16. The third-order valence-electron chi connectivity index (χ3n) is 4.13. The van der Waals surface area contributed by atoms with Crippen molar-refractivity contribution in [3.05, 3.63) is 65.2 Å². The fourth-order valence-corrected chi connectivity index (χ4v) is 3.60. The molecule has 0 aliphatic rings. The van der Waals surface area contributed by atoms with E-state index < -0.39 is 16.4 Å². The molecule has 0 spiro atoms. The van der Waals surface area contributed by atoms with Gasteiger partial charge in [0.25, 0.3) is 0 Å². The van der Waals surface area contributed by atoms with Crippen LogP contribution in [0.15, 0.2) is 53.5 Å². The molecule has 0 unspecified atom stereocenters. The van der Waals surface area contributed by atoms with Gasteiger partial charge in [-0.1, -0.05) is 36.4 Å². The molecule has 0 saturated heterocycles. The number of hydrogen-bond donors (Lipinski definition) is 1. The zero-order valence-electron chi connectivity index (χ0n) is 17.7. The average molecular weight is 567 g/mol. The monoisotopic (exact) mass is 567 g/mol. The molecule has 0 atom stereocenters. The number of benzene rings is 2. The van der Waals surface area contributed by atoms with Gasteiger partial charge in [0.05, 0.1) is 12.3 Å². The van der Waals surface area contributed by atoms with Gasteiger partial charge in [-0.15, -0.1) is 24.0 Å². The van der Waals surface area contributed by atoms with Crippen molar-refractivity contribution in [2.45, 2.75) is 32.4 Å².